The van der Waals surface area contributed by atoms with E-state index in [4.69, 9.17) is 34.8 Å². The third kappa shape index (κ3) is 4.61. The summed E-state index contributed by atoms with van der Waals surface area (Å²) in [5.41, 5.74) is 1.49. The number of hydrogen-bond acceptors (Lipinski definition) is 3. The zero-order valence-electron chi connectivity index (χ0n) is 12.8. The van der Waals surface area contributed by atoms with E-state index < -0.39 is 0 Å². The standard InChI is InChI=1S/C17H17Cl3N2O/c1-22(2)16(13-5-3-4-6-14(13)19)10-21-9-11-7-12(18)8-15(20)17(11)23/h3-9,16,23H,10H2,1-2H3/t16-/m1/s1. The van der Waals surface area contributed by atoms with Crippen LogP contribution in [-0.2, 0) is 0 Å². The van der Waals surface area contributed by atoms with Crippen molar-refractivity contribution >= 4 is 41.0 Å². The molecule has 2 rings (SSSR count). The summed E-state index contributed by atoms with van der Waals surface area (Å²) in [6, 6.07) is 10.8. The molecule has 1 N–H and O–H groups in total. The summed E-state index contributed by atoms with van der Waals surface area (Å²) in [5, 5.41) is 11.3. The van der Waals surface area contributed by atoms with E-state index in [-0.39, 0.29) is 16.8 Å². The first-order chi connectivity index (χ1) is 10.9. The first kappa shape index (κ1) is 18.1. The van der Waals surface area contributed by atoms with Gasteiger partial charge in [0.15, 0.2) is 0 Å². The van der Waals surface area contributed by atoms with Crippen molar-refractivity contribution in [3.05, 3.63) is 62.6 Å². The second-order valence-electron chi connectivity index (χ2n) is 5.32. The van der Waals surface area contributed by atoms with E-state index in [1.165, 1.54) is 6.07 Å². The van der Waals surface area contributed by atoms with Gasteiger partial charge in [0.05, 0.1) is 17.6 Å². The smallest absolute Gasteiger partial charge is 0.143 e. The lowest BCUT2D eigenvalue weighted by Gasteiger charge is -2.24. The third-order valence-corrected chi connectivity index (χ3v) is 4.30. The molecule has 0 aromatic heterocycles. The lowest BCUT2D eigenvalue weighted by Crippen LogP contribution is -2.23. The Morgan fingerprint density at radius 1 is 1.13 bits per heavy atom. The van der Waals surface area contributed by atoms with Crippen LogP contribution in [0.2, 0.25) is 15.1 Å². The summed E-state index contributed by atoms with van der Waals surface area (Å²) in [6.07, 6.45) is 1.57. The van der Waals surface area contributed by atoms with Crippen molar-refractivity contribution in [3.8, 4) is 5.75 Å². The summed E-state index contributed by atoms with van der Waals surface area (Å²) in [4.78, 5) is 6.47. The van der Waals surface area contributed by atoms with Gasteiger partial charge in [0.1, 0.15) is 5.75 Å². The minimum atomic E-state index is -0.0287. The average molecular weight is 372 g/mol. The van der Waals surface area contributed by atoms with E-state index in [1.807, 2.05) is 43.3 Å². The van der Waals surface area contributed by atoms with Crippen LogP contribution in [0.3, 0.4) is 0 Å². The number of nitrogens with zero attached hydrogens (tertiary/aromatic N) is 2. The molecule has 23 heavy (non-hydrogen) atoms. The van der Waals surface area contributed by atoms with Crippen molar-refractivity contribution in [1.29, 1.82) is 0 Å². The van der Waals surface area contributed by atoms with Gasteiger partial charge < -0.3 is 10.0 Å². The molecule has 0 saturated heterocycles. The van der Waals surface area contributed by atoms with Crippen LogP contribution in [0, 0.1) is 0 Å². The molecule has 0 bridgehead atoms. The van der Waals surface area contributed by atoms with Crippen LogP contribution in [0.5, 0.6) is 5.75 Å². The van der Waals surface area contributed by atoms with Crippen molar-refractivity contribution in [1.82, 2.24) is 4.90 Å². The largest absolute Gasteiger partial charge is 0.506 e. The molecule has 0 unspecified atom stereocenters. The first-order valence-corrected chi connectivity index (χ1v) is 8.12. The Balaban J connectivity index is 2.22. The molecule has 0 aliphatic carbocycles. The van der Waals surface area contributed by atoms with Crippen molar-refractivity contribution in [2.24, 2.45) is 4.99 Å². The van der Waals surface area contributed by atoms with Gasteiger partial charge >= 0.3 is 0 Å². The van der Waals surface area contributed by atoms with Gasteiger partial charge in [0, 0.05) is 21.8 Å². The predicted molar refractivity (Wildman–Crippen MR) is 98.5 cm³/mol. The highest BCUT2D eigenvalue weighted by Gasteiger charge is 2.16. The summed E-state index contributed by atoms with van der Waals surface area (Å²) < 4.78 is 0. The number of rotatable bonds is 5. The van der Waals surface area contributed by atoms with Gasteiger partial charge in [-0.3, -0.25) is 4.99 Å². The Morgan fingerprint density at radius 3 is 2.48 bits per heavy atom. The molecule has 2 aromatic carbocycles. The maximum atomic E-state index is 9.94. The van der Waals surface area contributed by atoms with E-state index in [9.17, 15) is 5.11 Å². The van der Waals surface area contributed by atoms with E-state index in [1.54, 1.807) is 12.3 Å². The molecular formula is C17H17Cl3N2O. The van der Waals surface area contributed by atoms with Gasteiger partial charge in [-0.15, -0.1) is 0 Å². The molecule has 2 aromatic rings. The maximum absolute atomic E-state index is 9.94. The van der Waals surface area contributed by atoms with E-state index in [2.05, 4.69) is 4.99 Å². The highest BCUT2D eigenvalue weighted by atomic mass is 35.5. The van der Waals surface area contributed by atoms with Crippen LogP contribution in [0.4, 0.5) is 0 Å². The Hall–Kier alpha value is -1.26. The van der Waals surface area contributed by atoms with Crippen molar-refractivity contribution < 1.29 is 5.11 Å². The second kappa shape index (κ2) is 8.02. The minimum absolute atomic E-state index is 0.0248. The second-order valence-corrected chi connectivity index (χ2v) is 6.57. The molecule has 0 aliphatic heterocycles. The number of benzene rings is 2. The Labute approximate surface area is 151 Å². The molecule has 0 heterocycles. The van der Waals surface area contributed by atoms with Crippen LogP contribution >= 0.6 is 34.8 Å². The molecule has 122 valence electrons. The lowest BCUT2D eigenvalue weighted by atomic mass is 10.1. The van der Waals surface area contributed by atoms with Gasteiger partial charge in [-0.2, -0.15) is 0 Å². The van der Waals surface area contributed by atoms with Gasteiger partial charge in [0.25, 0.3) is 0 Å². The fourth-order valence-electron chi connectivity index (χ4n) is 2.22. The van der Waals surface area contributed by atoms with Crippen LogP contribution in [0.1, 0.15) is 17.2 Å². The monoisotopic (exact) mass is 370 g/mol. The number of aromatic hydroxyl groups is 1. The van der Waals surface area contributed by atoms with Gasteiger partial charge in [-0.1, -0.05) is 53.0 Å². The quantitative estimate of drug-likeness (QED) is 0.744. The fraction of sp³-hybridized carbons (Fsp3) is 0.235. The van der Waals surface area contributed by atoms with E-state index in [0.717, 1.165) is 5.56 Å². The van der Waals surface area contributed by atoms with E-state index >= 15 is 0 Å². The van der Waals surface area contributed by atoms with Gasteiger partial charge in [-0.05, 0) is 37.9 Å². The Kier molecular flexibility index (Phi) is 6.31. The van der Waals surface area contributed by atoms with Crippen LogP contribution < -0.4 is 0 Å². The summed E-state index contributed by atoms with van der Waals surface area (Å²) in [7, 11) is 3.94. The summed E-state index contributed by atoms with van der Waals surface area (Å²) in [5.74, 6) is -0.0287. The number of phenolic OH excluding ortho intramolecular Hbond substituents is 1. The zero-order valence-corrected chi connectivity index (χ0v) is 15.1. The molecule has 0 radical (unpaired) electrons. The van der Waals surface area contributed by atoms with Crippen molar-refractivity contribution in [2.75, 3.05) is 20.6 Å². The molecule has 0 saturated carbocycles. The number of halogens is 3. The summed E-state index contributed by atoms with van der Waals surface area (Å²) in [6.45, 7) is 0.486. The molecule has 0 amide bonds. The molecule has 0 aliphatic rings. The van der Waals surface area contributed by atoms with Crippen LogP contribution in [0.15, 0.2) is 41.4 Å². The Morgan fingerprint density at radius 2 is 1.83 bits per heavy atom. The molecular weight excluding hydrogens is 355 g/mol. The molecule has 0 fully saturated rings. The fourth-order valence-corrected chi connectivity index (χ4v) is 2.99. The SMILES string of the molecule is CN(C)[C@H](CN=Cc1cc(Cl)cc(Cl)c1O)c1ccccc1Cl. The Bertz CT molecular complexity index is 717. The molecule has 1 atom stereocenters. The first-order valence-electron chi connectivity index (χ1n) is 6.99. The zero-order chi connectivity index (χ0) is 17.0. The normalized spacial score (nSPS) is 13.0. The minimum Gasteiger partial charge on any atom is -0.506 e. The van der Waals surface area contributed by atoms with Gasteiger partial charge in [0.2, 0.25) is 0 Å². The highest BCUT2D eigenvalue weighted by Crippen LogP contribution is 2.30. The van der Waals surface area contributed by atoms with Crippen LogP contribution in [0.25, 0.3) is 0 Å². The van der Waals surface area contributed by atoms with Gasteiger partial charge in [-0.25, -0.2) is 0 Å². The van der Waals surface area contributed by atoms with Crippen molar-refractivity contribution in [2.45, 2.75) is 6.04 Å². The van der Waals surface area contributed by atoms with Crippen LogP contribution in [-0.4, -0.2) is 36.9 Å². The topological polar surface area (TPSA) is 35.8 Å². The molecule has 6 heteroatoms. The predicted octanol–water partition coefficient (Wildman–Crippen LogP) is 5.07. The average Bonchev–Trinajstić information content (AvgIpc) is 2.49. The number of likely N-dealkylation sites (N-methyl/N-ethyl adjacent to an activating group) is 1. The molecule has 0 spiro atoms. The lowest BCUT2D eigenvalue weighted by molar-refractivity contribution is 0.307. The van der Waals surface area contributed by atoms with E-state index in [0.29, 0.717) is 22.2 Å². The number of hydrogen-bond donors (Lipinski definition) is 1. The number of aliphatic imine (C=N–C) groups is 1. The van der Waals surface area contributed by atoms with Crippen molar-refractivity contribution in [3.63, 3.8) is 0 Å². The number of phenols is 1. The third-order valence-electron chi connectivity index (χ3n) is 3.45. The summed E-state index contributed by atoms with van der Waals surface area (Å²) >= 11 is 18.1. The molecule has 3 nitrogen and oxygen atoms in total. The highest BCUT2D eigenvalue weighted by molar-refractivity contribution is 6.36. The maximum Gasteiger partial charge on any atom is 0.143 e.